The highest BCUT2D eigenvalue weighted by atomic mass is 32.2. The van der Waals surface area contributed by atoms with Gasteiger partial charge in [0.15, 0.2) is 0 Å². The van der Waals surface area contributed by atoms with Crippen LogP contribution in [0.1, 0.15) is 38.5 Å². The number of allylic oxidation sites excluding steroid dienone is 3. The lowest BCUT2D eigenvalue weighted by Gasteiger charge is -2.38. The van der Waals surface area contributed by atoms with Crippen molar-refractivity contribution < 1.29 is 9.53 Å². The molecule has 0 bridgehead atoms. The number of aliphatic imine (C=N–C) groups is 1. The summed E-state index contributed by atoms with van der Waals surface area (Å²) in [4.78, 5) is 17.4. The van der Waals surface area contributed by atoms with Crippen molar-refractivity contribution in [2.45, 2.75) is 49.4 Å². The molecule has 2 aliphatic carbocycles. The minimum Gasteiger partial charge on any atom is -0.462 e. The summed E-state index contributed by atoms with van der Waals surface area (Å²) >= 11 is 1.89. The van der Waals surface area contributed by atoms with Gasteiger partial charge in [-0.25, -0.2) is 0 Å². The van der Waals surface area contributed by atoms with Crippen molar-refractivity contribution in [2.24, 2.45) is 16.8 Å². The highest BCUT2D eigenvalue weighted by molar-refractivity contribution is 8.02. The topological polar surface area (TPSA) is 38.7 Å². The van der Waals surface area contributed by atoms with Crippen LogP contribution < -0.4 is 0 Å². The molecule has 1 saturated heterocycles. The fourth-order valence-electron chi connectivity index (χ4n) is 4.33. The number of ether oxygens (including phenoxy) is 1. The van der Waals surface area contributed by atoms with E-state index in [1.54, 1.807) is 0 Å². The Bertz CT molecular complexity index is 547. The van der Waals surface area contributed by atoms with Crippen molar-refractivity contribution in [3.8, 4) is 0 Å². The summed E-state index contributed by atoms with van der Waals surface area (Å²) < 4.78 is 5.80. The van der Waals surface area contributed by atoms with E-state index in [4.69, 9.17) is 9.73 Å². The number of hydrogen-bond acceptors (Lipinski definition) is 4. The summed E-state index contributed by atoms with van der Waals surface area (Å²) in [5.41, 5.74) is 1.16. The van der Waals surface area contributed by atoms with Crippen LogP contribution in [0, 0.1) is 11.8 Å². The fraction of sp³-hybridized carbons (Fsp3) is 0.667. The summed E-state index contributed by atoms with van der Waals surface area (Å²) in [7, 11) is 0. The molecule has 0 aromatic rings. The maximum Gasteiger partial charge on any atom is 0.310 e. The Balaban J connectivity index is 1.50. The fourth-order valence-corrected chi connectivity index (χ4v) is 6.10. The molecule has 0 amide bonds. The van der Waals surface area contributed by atoms with Crippen molar-refractivity contribution >= 4 is 23.4 Å². The normalized spacial score (nSPS) is 37.4. The van der Waals surface area contributed by atoms with Crippen LogP contribution in [0.25, 0.3) is 0 Å². The lowest BCUT2D eigenvalue weighted by Crippen LogP contribution is -2.45. The van der Waals surface area contributed by atoms with Gasteiger partial charge in [-0.15, -0.1) is 11.8 Å². The second kappa shape index (κ2) is 5.88. The number of thioether (sulfide) groups is 1. The van der Waals surface area contributed by atoms with E-state index < -0.39 is 0 Å². The smallest absolute Gasteiger partial charge is 0.310 e. The van der Waals surface area contributed by atoms with Crippen molar-refractivity contribution in [1.29, 1.82) is 0 Å². The quantitative estimate of drug-likeness (QED) is 0.731. The summed E-state index contributed by atoms with van der Waals surface area (Å²) in [5, 5.41) is 0. The third-order valence-corrected chi connectivity index (χ3v) is 7.16. The van der Waals surface area contributed by atoms with Gasteiger partial charge in [0.25, 0.3) is 0 Å². The Kier molecular flexibility index (Phi) is 3.89. The van der Waals surface area contributed by atoms with Gasteiger partial charge in [-0.2, -0.15) is 0 Å². The number of carbonyl (C=O) groups excluding carboxylic acids is 1. The largest absolute Gasteiger partial charge is 0.462 e. The number of carbonyl (C=O) groups is 1. The first-order valence-electron chi connectivity index (χ1n) is 8.55. The van der Waals surface area contributed by atoms with Crippen LogP contribution in [0.2, 0.25) is 0 Å². The Morgan fingerprint density at radius 2 is 2.09 bits per heavy atom. The predicted octanol–water partition coefficient (Wildman–Crippen LogP) is 3.55. The van der Waals surface area contributed by atoms with Gasteiger partial charge >= 0.3 is 5.97 Å². The number of hydrogen-bond donors (Lipinski definition) is 0. The Morgan fingerprint density at radius 3 is 2.95 bits per heavy atom. The zero-order chi connectivity index (χ0) is 15.0. The zero-order valence-electron chi connectivity index (χ0n) is 12.9. The molecule has 0 N–H and O–H groups in total. The van der Waals surface area contributed by atoms with Crippen LogP contribution >= 0.6 is 11.8 Å². The van der Waals surface area contributed by atoms with Gasteiger partial charge in [0, 0.05) is 12.3 Å². The third kappa shape index (κ3) is 2.36. The number of esters is 1. The van der Waals surface area contributed by atoms with E-state index in [9.17, 15) is 4.79 Å². The monoisotopic (exact) mass is 317 g/mol. The molecule has 3 nitrogen and oxygen atoms in total. The van der Waals surface area contributed by atoms with Crippen molar-refractivity contribution in [1.82, 2.24) is 0 Å². The molecular formula is C18H23NO2S. The molecule has 1 saturated carbocycles. The van der Waals surface area contributed by atoms with E-state index in [0.717, 1.165) is 37.3 Å². The molecule has 4 aliphatic rings. The van der Waals surface area contributed by atoms with Crippen molar-refractivity contribution in [3.05, 3.63) is 24.3 Å². The number of rotatable bonds is 2. The van der Waals surface area contributed by atoms with Crippen molar-refractivity contribution in [3.63, 3.8) is 0 Å². The summed E-state index contributed by atoms with van der Waals surface area (Å²) in [6.45, 7) is 0.841. The van der Waals surface area contributed by atoms with Crippen molar-refractivity contribution in [2.75, 3.05) is 12.3 Å². The van der Waals surface area contributed by atoms with Gasteiger partial charge in [0.1, 0.15) is 6.10 Å². The van der Waals surface area contributed by atoms with Crippen LogP contribution in [0.5, 0.6) is 0 Å². The standard InChI is InChI=1S/C18H23NO2S/c20-17(21-13-6-2-1-3-7-13)14-12-22-18-10-5-4-8-16(18)19-11-9-15(14)18/h4-5,8,10,13-15H,1-3,6-7,9,11-12H2. The third-order valence-electron chi connectivity index (χ3n) is 5.51. The van der Waals surface area contributed by atoms with Gasteiger partial charge in [-0.05, 0) is 44.1 Å². The Morgan fingerprint density at radius 1 is 1.23 bits per heavy atom. The second-order valence-electron chi connectivity index (χ2n) is 6.79. The zero-order valence-corrected chi connectivity index (χ0v) is 13.7. The van der Waals surface area contributed by atoms with Gasteiger partial charge in [-0.1, -0.05) is 24.6 Å². The van der Waals surface area contributed by atoms with E-state index in [-0.39, 0.29) is 22.7 Å². The lowest BCUT2D eigenvalue weighted by atomic mass is 9.74. The van der Waals surface area contributed by atoms with E-state index >= 15 is 0 Å². The number of nitrogens with zero attached hydrogens (tertiary/aromatic N) is 1. The van der Waals surface area contributed by atoms with Crippen LogP contribution in [0.15, 0.2) is 29.3 Å². The van der Waals surface area contributed by atoms with Gasteiger partial charge in [0.2, 0.25) is 0 Å². The summed E-state index contributed by atoms with van der Waals surface area (Å²) in [6, 6.07) is 0. The molecule has 1 spiro atoms. The summed E-state index contributed by atoms with van der Waals surface area (Å²) in [5.74, 6) is 1.30. The molecule has 2 heterocycles. The van der Waals surface area contributed by atoms with E-state index in [2.05, 4.69) is 24.3 Å². The van der Waals surface area contributed by atoms with E-state index in [1.165, 1.54) is 19.3 Å². The van der Waals surface area contributed by atoms with E-state index in [0.29, 0.717) is 5.92 Å². The predicted molar refractivity (Wildman–Crippen MR) is 90.3 cm³/mol. The van der Waals surface area contributed by atoms with Gasteiger partial charge in [0.05, 0.1) is 16.4 Å². The van der Waals surface area contributed by atoms with Crippen LogP contribution in [0.4, 0.5) is 0 Å². The van der Waals surface area contributed by atoms with Crippen LogP contribution in [-0.4, -0.2) is 34.8 Å². The molecule has 22 heavy (non-hydrogen) atoms. The minimum atomic E-state index is -0.0662. The molecule has 118 valence electrons. The maximum absolute atomic E-state index is 12.7. The Hall–Kier alpha value is -1.03. The second-order valence-corrected chi connectivity index (χ2v) is 8.09. The maximum atomic E-state index is 12.7. The van der Waals surface area contributed by atoms with Crippen LogP contribution in [0.3, 0.4) is 0 Å². The average Bonchev–Trinajstić information content (AvgIpc) is 2.93. The molecule has 2 aliphatic heterocycles. The average molecular weight is 317 g/mol. The summed E-state index contributed by atoms with van der Waals surface area (Å²) in [6.07, 6.45) is 15.5. The highest BCUT2D eigenvalue weighted by Gasteiger charge is 2.54. The highest BCUT2D eigenvalue weighted by Crippen LogP contribution is 2.53. The van der Waals surface area contributed by atoms with E-state index in [1.807, 2.05) is 11.8 Å². The van der Waals surface area contributed by atoms with Crippen LogP contribution in [-0.2, 0) is 9.53 Å². The first kappa shape index (κ1) is 14.6. The molecule has 3 unspecified atom stereocenters. The molecule has 3 atom stereocenters. The molecule has 0 radical (unpaired) electrons. The molecule has 2 fully saturated rings. The molecule has 0 aromatic carbocycles. The Labute approximate surface area is 136 Å². The molecular weight excluding hydrogens is 294 g/mol. The lowest BCUT2D eigenvalue weighted by molar-refractivity contribution is -0.156. The van der Waals surface area contributed by atoms with Gasteiger partial charge < -0.3 is 4.74 Å². The molecule has 4 heteroatoms. The first-order chi connectivity index (χ1) is 10.8. The van der Waals surface area contributed by atoms with Gasteiger partial charge in [-0.3, -0.25) is 9.79 Å². The molecule has 4 rings (SSSR count). The SMILES string of the molecule is O=C(OC1CCCCC1)C1CSC23C=CC=CC2=NCCC13. The first-order valence-corrected chi connectivity index (χ1v) is 9.53. The molecule has 0 aromatic heterocycles. The minimum absolute atomic E-state index is 0.0357.